The standard InChI is InChI=1S/C25H30N4O2S/c1-17-8-9-20(14-18(17)2)19(3)26-24(30)16-32-25-21-6-4-5-7-22(21)27-23(28-25)15-29-10-12-31-13-11-29/h4-9,14,19H,10-13,15-16H2,1-3H3,(H,26,30)/t19-/m0/s1. The average molecular weight is 451 g/mol. The van der Waals surface area contributed by atoms with E-state index in [-0.39, 0.29) is 11.9 Å². The Kier molecular flexibility index (Phi) is 7.40. The lowest BCUT2D eigenvalue weighted by atomic mass is 10.0. The van der Waals surface area contributed by atoms with Crippen molar-refractivity contribution in [1.29, 1.82) is 0 Å². The second-order valence-electron chi connectivity index (χ2n) is 8.27. The molecule has 1 fully saturated rings. The van der Waals surface area contributed by atoms with Crippen molar-refractivity contribution in [1.82, 2.24) is 20.2 Å². The number of nitrogens with one attached hydrogen (secondary N) is 1. The lowest BCUT2D eigenvalue weighted by Gasteiger charge is -2.25. The second-order valence-corrected chi connectivity index (χ2v) is 9.24. The molecule has 1 saturated heterocycles. The quantitative estimate of drug-likeness (QED) is 0.433. The Morgan fingerprint density at radius 3 is 2.69 bits per heavy atom. The van der Waals surface area contributed by atoms with E-state index >= 15 is 0 Å². The minimum absolute atomic E-state index is 0.00171. The third-order valence-electron chi connectivity index (χ3n) is 5.83. The summed E-state index contributed by atoms with van der Waals surface area (Å²) in [5.74, 6) is 1.10. The Balaban J connectivity index is 1.44. The van der Waals surface area contributed by atoms with Crippen LogP contribution in [0.1, 0.15) is 35.5 Å². The Labute approximate surface area is 193 Å². The van der Waals surface area contributed by atoms with Crippen LogP contribution in [0, 0.1) is 13.8 Å². The zero-order chi connectivity index (χ0) is 22.5. The molecule has 0 spiro atoms. The van der Waals surface area contributed by atoms with Crippen LogP contribution >= 0.6 is 11.8 Å². The molecule has 1 aromatic heterocycles. The number of rotatable bonds is 7. The molecule has 0 bridgehead atoms. The van der Waals surface area contributed by atoms with Crippen molar-refractivity contribution in [2.75, 3.05) is 32.1 Å². The third-order valence-corrected chi connectivity index (χ3v) is 6.82. The number of nitrogens with zero attached hydrogens (tertiary/aromatic N) is 3. The highest BCUT2D eigenvalue weighted by Crippen LogP contribution is 2.26. The van der Waals surface area contributed by atoms with Crippen LogP contribution < -0.4 is 5.32 Å². The van der Waals surface area contributed by atoms with E-state index < -0.39 is 0 Å². The molecule has 7 heteroatoms. The lowest BCUT2D eigenvalue weighted by molar-refractivity contribution is -0.119. The third kappa shape index (κ3) is 5.65. The maximum Gasteiger partial charge on any atom is 0.230 e. The first-order valence-corrected chi connectivity index (χ1v) is 12.0. The topological polar surface area (TPSA) is 67.4 Å². The highest BCUT2D eigenvalue weighted by atomic mass is 32.2. The molecule has 1 aliphatic heterocycles. The molecule has 1 aliphatic rings. The molecule has 1 atom stereocenters. The largest absolute Gasteiger partial charge is 0.379 e. The van der Waals surface area contributed by atoms with Gasteiger partial charge in [-0.3, -0.25) is 9.69 Å². The van der Waals surface area contributed by atoms with Crippen LogP contribution in [0.15, 0.2) is 47.5 Å². The molecule has 0 radical (unpaired) electrons. The van der Waals surface area contributed by atoms with Gasteiger partial charge < -0.3 is 10.1 Å². The first-order valence-electron chi connectivity index (χ1n) is 11.0. The van der Waals surface area contributed by atoms with E-state index in [9.17, 15) is 4.79 Å². The van der Waals surface area contributed by atoms with Crippen LogP contribution in [-0.2, 0) is 16.1 Å². The average Bonchev–Trinajstić information content (AvgIpc) is 2.80. The molecule has 0 unspecified atom stereocenters. The number of hydrogen-bond acceptors (Lipinski definition) is 6. The number of thioether (sulfide) groups is 1. The van der Waals surface area contributed by atoms with E-state index in [0.29, 0.717) is 12.3 Å². The van der Waals surface area contributed by atoms with Gasteiger partial charge in [-0.2, -0.15) is 0 Å². The zero-order valence-corrected chi connectivity index (χ0v) is 19.7. The van der Waals surface area contributed by atoms with Crippen molar-refractivity contribution >= 4 is 28.6 Å². The van der Waals surface area contributed by atoms with Gasteiger partial charge in [-0.15, -0.1) is 0 Å². The number of hydrogen-bond donors (Lipinski definition) is 1. The van der Waals surface area contributed by atoms with Crippen LogP contribution in [0.2, 0.25) is 0 Å². The number of para-hydroxylation sites is 1. The summed E-state index contributed by atoms with van der Waals surface area (Å²) in [6, 6.07) is 14.3. The first kappa shape index (κ1) is 22.7. The maximum absolute atomic E-state index is 12.7. The Morgan fingerprint density at radius 1 is 1.12 bits per heavy atom. The zero-order valence-electron chi connectivity index (χ0n) is 18.9. The first-order chi connectivity index (χ1) is 15.5. The van der Waals surface area contributed by atoms with Gasteiger partial charge in [-0.1, -0.05) is 48.2 Å². The van der Waals surface area contributed by atoms with Gasteiger partial charge in [0.1, 0.15) is 10.9 Å². The Hall–Kier alpha value is -2.48. The second kappa shape index (κ2) is 10.4. The van der Waals surface area contributed by atoms with Gasteiger partial charge in [0.05, 0.1) is 37.1 Å². The molecule has 1 N–H and O–H groups in total. The van der Waals surface area contributed by atoms with Crippen molar-refractivity contribution in [3.63, 3.8) is 0 Å². The molecule has 2 heterocycles. The van der Waals surface area contributed by atoms with E-state index in [0.717, 1.165) is 53.6 Å². The summed E-state index contributed by atoms with van der Waals surface area (Å²) in [7, 11) is 0. The molecule has 0 saturated carbocycles. The molecule has 6 nitrogen and oxygen atoms in total. The summed E-state index contributed by atoms with van der Waals surface area (Å²) in [5, 5.41) is 4.96. The van der Waals surface area contributed by atoms with E-state index in [2.05, 4.69) is 42.3 Å². The van der Waals surface area contributed by atoms with Crippen molar-refractivity contribution in [3.05, 3.63) is 65.0 Å². The number of aryl methyl sites for hydroxylation is 2. The van der Waals surface area contributed by atoms with Gasteiger partial charge in [0.15, 0.2) is 0 Å². The Bertz CT molecular complexity index is 1100. The normalized spacial score (nSPS) is 15.6. The monoisotopic (exact) mass is 450 g/mol. The number of ether oxygens (including phenoxy) is 1. The number of morpholine rings is 1. The fraction of sp³-hybridized carbons (Fsp3) is 0.400. The predicted octanol–water partition coefficient (Wildman–Crippen LogP) is 4.05. The van der Waals surface area contributed by atoms with E-state index in [4.69, 9.17) is 14.7 Å². The fourth-order valence-electron chi connectivity index (χ4n) is 3.77. The van der Waals surface area contributed by atoms with E-state index in [1.807, 2.05) is 31.2 Å². The number of fused-ring (bicyclic) bond motifs is 1. The van der Waals surface area contributed by atoms with Crippen molar-refractivity contribution < 1.29 is 9.53 Å². The fourth-order valence-corrected chi connectivity index (χ4v) is 4.62. The van der Waals surface area contributed by atoms with Gasteiger partial charge >= 0.3 is 0 Å². The highest BCUT2D eigenvalue weighted by Gasteiger charge is 2.16. The SMILES string of the molecule is Cc1ccc([C@H](C)NC(=O)CSc2nc(CN3CCOCC3)nc3ccccc23)cc1C. The van der Waals surface area contributed by atoms with Crippen LogP contribution in [0.25, 0.3) is 10.9 Å². The van der Waals surface area contributed by atoms with Gasteiger partial charge in [0.25, 0.3) is 0 Å². The molecule has 32 heavy (non-hydrogen) atoms. The summed E-state index contributed by atoms with van der Waals surface area (Å²) in [6.07, 6.45) is 0. The highest BCUT2D eigenvalue weighted by molar-refractivity contribution is 8.00. The van der Waals surface area contributed by atoms with Crippen molar-refractivity contribution in [3.8, 4) is 0 Å². The summed E-state index contributed by atoms with van der Waals surface area (Å²) < 4.78 is 5.44. The number of aromatic nitrogens is 2. The summed E-state index contributed by atoms with van der Waals surface area (Å²) in [4.78, 5) is 24.6. The van der Waals surface area contributed by atoms with Crippen molar-refractivity contribution in [2.45, 2.75) is 38.4 Å². The number of carbonyl (C=O) groups excluding carboxylic acids is 1. The lowest BCUT2D eigenvalue weighted by Crippen LogP contribution is -2.36. The number of carbonyl (C=O) groups is 1. The molecule has 4 rings (SSSR count). The molecule has 3 aromatic rings. The summed E-state index contributed by atoms with van der Waals surface area (Å²) >= 11 is 1.47. The van der Waals surface area contributed by atoms with Gasteiger partial charge in [-0.25, -0.2) is 9.97 Å². The molecule has 1 amide bonds. The molecule has 0 aliphatic carbocycles. The minimum atomic E-state index is -0.0403. The van der Waals surface area contributed by atoms with Gasteiger partial charge in [-0.05, 0) is 43.5 Å². The smallest absolute Gasteiger partial charge is 0.230 e. The number of benzene rings is 2. The van der Waals surface area contributed by atoms with Gasteiger partial charge in [0.2, 0.25) is 5.91 Å². The van der Waals surface area contributed by atoms with Crippen LogP contribution in [0.5, 0.6) is 0 Å². The Morgan fingerprint density at radius 2 is 1.91 bits per heavy atom. The number of amides is 1. The van der Waals surface area contributed by atoms with Gasteiger partial charge in [0, 0.05) is 18.5 Å². The molecule has 168 valence electrons. The minimum Gasteiger partial charge on any atom is -0.379 e. The summed E-state index contributed by atoms with van der Waals surface area (Å²) in [6.45, 7) is 10.2. The van der Waals surface area contributed by atoms with Crippen LogP contribution in [-0.4, -0.2) is 52.8 Å². The van der Waals surface area contributed by atoms with Crippen LogP contribution in [0.3, 0.4) is 0 Å². The predicted molar refractivity (Wildman–Crippen MR) is 129 cm³/mol. The molecular formula is C25H30N4O2S. The van der Waals surface area contributed by atoms with Crippen molar-refractivity contribution in [2.24, 2.45) is 0 Å². The van der Waals surface area contributed by atoms with E-state index in [1.165, 1.54) is 22.9 Å². The molecular weight excluding hydrogens is 420 g/mol. The van der Waals surface area contributed by atoms with Crippen LogP contribution in [0.4, 0.5) is 0 Å². The maximum atomic E-state index is 12.7. The van der Waals surface area contributed by atoms with E-state index in [1.54, 1.807) is 0 Å². The summed E-state index contributed by atoms with van der Waals surface area (Å²) in [5.41, 5.74) is 4.52. The molecule has 2 aromatic carbocycles.